The molecule has 25 heavy (non-hydrogen) atoms. The summed E-state index contributed by atoms with van der Waals surface area (Å²) in [5.41, 5.74) is 3.02. The highest BCUT2D eigenvalue weighted by Gasteiger charge is 2.20. The van der Waals surface area contributed by atoms with E-state index < -0.39 is 5.78 Å². The van der Waals surface area contributed by atoms with E-state index in [9.17, 15) is 9.59 Å². The van der Waals surface area contributed by atoms with Crippen molar-refractivity contribution in [2.24, 2.45) is 0 Å². The van der Waals surface area contributed by atoms with E-state index in [0.717, 1.165) is 22.6 Å². The van der Waals surface area contributed by atoms with Gasteiger partial charge in [-0.05, 0) is 30.7 Å². The van der Waals surface area contributed by atoms with Crippen molar-refractivity contribution in [3.05, 3.63) is 78.1 Å². The molecule has 3 rings (SSSR count). The van der Waals surface area contributed by atoms with Crippen LogP contribution in [-0.2, 0) is 11.3 Å². The first-order valence-corrected chi connectivity index (χ1v) is 8.13. The number of para-hydroxylation sites is 1. The van der Waals surface area contributed by atoms with E-state index in [1.165, 1.54) is 0 Å². The van der Waals surface area contributed by atoms with E-state index in [0.29, 0.717) is 25.1 Å². The molecule has 4 nitrogen and oxygen atoms in total. The molecule has 4 heteroatoms. The lowest BCUT2D eigenvalue weighted by Gasteiger charge is -2.12. The maximum atomic E-state index is 12.2. The maximum Gasteiger partial charge on any atom is 0.242 e. The van der Waals surface area contributed by atoms with Crippen LogP contribution in [-0.4, -0.2) is 23.2 Å². The van der Waals surface area contributed by atoms with Gasteiger partial charge in [-0.1, -0.05) is 48.5 Å². The van der Waals surface area contributed by atoms with Crippen molar-refractivity contribution >= 4 is 12.1 Å². The minimum atomic E-state index is -0.522. The van der Waals surface area contributed by atoms with Gasteiger partial charge in [0.2, 0.25) is 5.78 Å². The Hall–Kier alpha value is -3.14. The molecule has 3 aromatic rings. The predicted octanol–water partition coefficient (Wildman–Crippen LogP) is 3.92. The molecule has 1 aromatic heterocycles. The lowest BCUT2D eigenvalue weighted by atomic mass is 10.0. The Kier molecular flexibility index (Phi) is 5.09. The Balaban J connectivity index is 1.89. The molecule has 0 saturated carbocycles. The normalized spacial score (nSPS) is 10.4. The molecular formula is C21H19NO3. The summed E-state index contributed by atoms with van der Waals surface area (Å²) in [7, 11) is 0. The first-order valence-electron chi connectivity index (χ1n) is 8.13. The summed E-state index contributed by atoms with van der Waals surface area (Å²) in [5.74, 6) is 0.255. The van der Waals surface area contributed by atoms with E-state index in [1.54, 1.807) is 0 Å². The molecule has 0 aliphatic rings. The zero-order valence-corrected chi connectivity index (χ0v) is 14.0. The van der Waals surface area contributed by atoms with Gasteiger partial charge in [-0.25, -0.2) is 0 Å². The summed E-state index contributed by atoms with van der Waals surface area (Å²) in [6.07, 6.45) is 0.371. The number of ketones is 1. The molecule has 0 bridgehead atoms. The minimum absolute atomic E-state index is 0.371. The zero-order chi connectivity index (χ0) is 17.6. The highest BCUT2D eigenvalue weighted by atomic mass is 16.5. The van der Waals surface area contributed by atoms with Crippen LogP contribution >= 0.6 is 0 Å². The van der Waals surface area contributed by atoms with Gasteiger partial charge in [-0.2, -0.15) is 0 Å². The zero-order valence-electron chi connectivity index (χ0n) is 14.0. The van der Waals surface area contributed by atoms with E-state index in [1.807, 2.05) is 78.2 Å². The number of carbonyl (C=O) groups excluding carboxylic acids is 2. The summed E-state index contributed by atoms with van der Waals surface area (Å²) < 4.78 is 7.58. The van der Waals surface area contributed by atoms with Crippen molar-refractivity contribution in [2.45, 2.75) is 13.5 Å². The van der Waals surface area contributed by atoms with Crippen molar-refractivity contribution in [1.82, 2.24) is 4.57 Å². The average molecular weight is 333 g/mol. The Morgan fingerprint density at radius 1 is 1.04 bits per heavy atom. The van der Waals surface area contributed by atoms with Gasteiger partial charge in [0.1, 0.15) is 18.1 Å². The lowest BCUT2D eigenvalue weighted by Crippen LogP contribution is -2.16. The molecule has 0 fully saturated rings. The second-order valence-corrected chi connectivity index (χ2v) is 5.71. The topological polar surface area (TPSA) is 48.3 Å². The molecule has 0 unspecified atom stereocenters. The Morgan fingerprint density at radius 2 is 1.68 bits per heavy atom. The van der Waals surface area contributed by atoms with Crippen LogP contribution in [0.25, 0.3) is 11.1 Å². The van der Waals surface area contributed by atoms with E-state index >= 15 is 0 Å². The van der Waals surface area contributed by atoms with Gasteiger partial charge < -0.3 is 9.30 Å². The lowest BCUT2D eigenvalue weighted by molar-refractivity contribution is -0.104. The second kappa shape index (κ2) is 7.62. The molecule has 0 atom stereocenters. The van der Waals surface area contributed by atoms with Crippen molar-refractivity contribution < 1.29 is 14.3 Å². The van der Waals surface area contributed by atoms with Crippen LogP contribution in [0.15, 0.2) is 66.7 Å². The number of aromatic nitrogens is 1. The monoisotopic (exact) mass is 333 g/mol. The Bertz CT molecular complexity index is 867. The van der Waals surface area contributed by atoms with Gasteiger partial charge in [-0.3, -0.25) is 9.59 Å². The molecule has 0 saturated heterocycles. The summed E-state index contributed by atoms with van der Waals surface area (Å²) in [4.78, 5) is 23.4. The highest BCUT2D eigenvalue weighted by Crippen LogP contribution is 2.27. The Morgan fingerprint density at radius 3 is 2.32 bits per heavy atom. The maximum absolute atomic E-state index is 12.2. The summed E-state index contributed by atoms with van der Waals surface area (Å²) in [6, 6.07) is 21.1. The number of hydrogen-bond acceptors (Lipinski definition) is 3. The first-order chi connectivity index (χ1) is 12.2. The van der Waals surface area contributed by atoms with E-state index in [2.05, 4.69) is 0 Å². The van der Waals surface area contributed by atoms with Crippen LogP contribution in [0.3, 0.4) is 0 Å². The number of benzene rings is 2. The number of Topliss-reactive ketones (excluding diaryl/α,β-unsaturated/α-hetero) is 1. The molecule has 0 spiro atoms. The fraction of sp³-hybridized carbons (Fsp3) is 0.143. The predicted molar refractivity (Wildman–Crippen MR) is 96.9 cm³/mol. The molecule has 0 amide bonds. The summed E-state index contributed by atoms with van der Waals surface area (Å²) in [5, 5.41) is 0. The van der Waals surface area contributed by atoms with Gasteiger partial charge in [0, 0.05) is 11.3 Å². The standard InChI is InChI=1S/C21H19NO3/c1-16-14-19(17-8-4-2-5-9-17)21(20(24)15-23)22(16)12-13-25-18-10-6-3-7-11-18/h2-11,14-15H,12-13H2,1H3. The average Bonchev–Trinajstić information content (AvgIpc) is 2.99. The van der Waals surface area contributed by atoms with Gasteiger partial charge in [0.25, 0.3) is 0 Å². The fourth-order valence-electron chi connectivity index (χ4n) is 2.90. The summed E-state index contributed by atoms with van der Waals surface area (Å²) >= 11 is 0. The van der Waals surface area contributed by atoms with Gasteiger partial charge in [0.15, 0.2) is 6.29 Å². The fourth-order valence-corrected chi connectivity index (χ4v) is 2.90. The molecule has 0 radical (unpaired) electrons. The molecular weight excluding hydrogens is 314 g/mol. The smallest absolute Gasteiger partial charge is 0.242 e. The number of ether oxygens (including phenoxy) is 1. The molecule has 126 valence electrons. The highest BCUT2D eigenvalue weighted by molar-refractivity contribution is 6.34. The summed E-state index contributed by atoms with van der Waals surface area (Å²) in [6.45, 7) is 2.83. The molecule has 0 N–H and O–H groups in total. The van der Waals surface area contributed by atoms with Crippen LogP contribution in [0.5, 0.6) is 5.75 Å². The third-order valence-electron chi connectivity index (χ3n) is 4.06. The van der Waals surface area contributed by atoms with Crippen LogP contribution in [0, 0.1) is 6.92 Å². The minimum Gasteiger partial charge on any atom is -0.492 e. The quantitative estimate of drug-likeness (QED) is 0.374. The van der Waals surface area contributed by atoms with Crippen molar-refractivity contribution in [1.29, 1.82) is 0 Å². The van der Waals surface area contributed by atoms with E-state index in [-0.39, 0.29) is 0 Å². The largest absolute Gasteiger partial charge is 0.492 e. The van der Waals surface area contributed by atoms with Crippen molar-refractivity contribution in [3.63, 3.8) is 0 Å². The van der Waals surface area contributed by atoms with Gasteiger partial charge >= 0.3 is 0 Å². The van der Waals surface area contributed by atoms with Crippen molar-refractivity contribution in [2.75, 3.05) is 6.61 Å². The molecule has 2 aromatic carbocycles. The van der Waals surface area contributed by atoms with Crippen molar-refractivity contribution in [3.8, 4) is 16.9 Å². The number of aryl methyl sites for hydroxylation is 1. The second-order valence-electron chi connectivity index (χ2n) is 5.71. The third-order valence-corrected chi connectivity index (χ3v) is 4.06. The van der Waals surface area contributed by atoms with Crippen LogP contribution in [0.2, 0.25) is 0 Å². The van der Waals surface area contributed by atoms with Gasteiger partial charge in [0.05, 0.1) is 6.54 Å². The Labute approximate surface area is 146 Å². The SMILES string of the molecule is Cc1cc(-c2ccccc2)c(C(=O)C=O)n1CCOc1ccccc1. The molecule has 0 aliphatic heterocycles. The number of rotatable bonds is 7. The van der Waals surface area contributed by atoms with Crippen LogP contribution in [0.1, 0.15) is 16.2 Å². The molecule has 1 heterocycles. The number of hydrogen-bond donors (Lipinski definition) is 0. The first kappa shape index (κ1) is 16.7. The van der Waals surface area contributed by atoms with Crippen LogP contribution < -0.4 is 4.74 Å². The number of nitrogens with zero attached hydrogens (tertiary/aromatic N) is 1. The molecule has 0 aliphatic carbocycles. The van der Waals surface area contributed by atoms with E-state index in [4.69, 9.17) is 4.74 Å². The third kappa shape index (κ3) is 3.69. The number of carbonyl (C=O) groups is 2. The van der Waals surface area contributed by atoms with Gasteiger partial charge in [-0.15, -0.1) is 0 Å². The number of aldehydes is 1. The van der Waals surface area contributed by atoms with Crippen LogP contribution in [0.4, 0.5) is 0 Å².